The second kappa shape index (κ2) is 5.85. The van der Waals surface area contributed by atoms with Crippen LogP contribution in [0.3, 0.4) is 0 Å². The van der Waals surface area contributed by atoms with Crippen molar-refractivity contribution in [3.8, 4) is 0 Å². The van der Waals surface area contributed by atoms with Crippen molar-refractivity contribution in [3.63, 3.8) is 0 Å². The zero-order valence-corrected chi connectivity index (χ0v) is 14.6. The van der Waals surface area contributed by atoms with Gasteiger partial charge in [0, 0.05) is 40.1 Å². The van der Waals surface area contributed by atoms with Crippen molar-refractivity contribution in [2.24, 2.45) is 11.3 Å². The van der Waals surface area contributed by atoms with E-state index >= 15 is 0 Å². The van der Waals surface area contributed by atoms with Crippen LogP contribution in [0, 0.1) is 11.3 Å². The van der Waals surface area contributed by atoms with Gasteiger partial charge in [0.15, 0.2) is 0 Å². The maximum atomic E-state index is 10.6. The summed E-state index contributed by atoms with van der Waals surface area (Å²) in [6.07, 6.45) is 2.35. The molecular weight excluding hydrogens is 306 g/mol. The number of nitrogens with one attached hydrogen (secondary N) is 1. The molecule has 1 aliphatic carbocycles. The third-order valence-electron chi connectivity index (χ3n) is 5.64. The number of aliphatic hydroxyl groups is 1. The molecule has 1 aliphatic heterocycles. The van der Waals surface area contributed by atoms with Crippen LogP contribution in [0.5, 0.6) is 0 Å². The van der Waals surface area contributed by atoms with Gasteiger partial charge in [-0.2, -0.15) is 0 Å². The fraction of sp³-hybridized carbons (Fsp3) is 0.579. The predicted molar refractivity (Wildman–Crippen MR) is 94.8 cm³/mol. The normalized spacial score (nSPS) is 30.7. The van der Waals surface area contributed by atoms with E-state index in [0.29, 0.717) is 24.6 Å². The lowest BCUT2D eigenvalue weighted by molar-refractivity contribution is -0.193. The first-order valence-electron chi connectivity index (χ1n) is 8.59. The molecule has 4 heteroatoms. The van der Waals surface area contributed by atoms with E-state index in [-0.39, 0.29) is 5.41 Å². The maximum Gasteiger partial charge on any atom is 0.101 e. The lowest BCUT2D eigenvalue weighted by atomic mass is 9.55. The summed E-state index contributed by atoms with van der Waals surface area (Å²) in [5, 5.41) is 15.4. The number of benzene rings is 1. The van der Waals surface area contributed by atoms with Crippen LogP contribution in [0.15, 0.2) is 30.3 Å². The molecule has 2 aliphatic rings. The Labute approximate surface area is 141 Å². The van der Waals surface area contributed by atoms with E-state index in [2.05, 4.69) is 37.4 Å². The molecule has 0 bridgehead atoms. The van der Waals surface area contributed by atoms with Crippen LogP contribution in [0.4, 0.5) is 0 Å². The summed E-state index contributed by atoms with van der Waals surface area (Å²) in [7, 11) is 0. The Morgan fingerprint density at radius 2 is 2.22 bits per heavy atom. The fourth-order valence-electron chi connectivity index (χ4n) is 4.44. The van der Waals surface area contributed by atoms with Gasteiger partial charge in [-0.3, -0.25) is 0 Å². The number of ether oxygens (including phenoxy) is 1. The minimum atomic E-state index is -0.438. The Kier molecular flexibility index (Phi) is 3.96. The van der Waals surface area contributed by atoms with Gasteiger partial charge in [-0.15, -0.1) is 11.3 Å². The third-order valence-corrected chi connectivity index (χ3v) is 6.85. The highest BCUT2D eigenvalue weighted by Crippen LogP contribution is 2.51. The number of rotatable bonds is 4. The topological polar surface area (TPSA) is 41.5 Å². The molecule has 0 amide bonds. The zero-order valence-electron chi connectivity index (χ0n) is 13.8. The molecule has 3 nitrogen and oxygen atoms in total. The lowest BCUT2D eigenvalue weighted by Crippen LogP contribution is -2.69. The second-order valence-corrected chi connectivity index (χ2v) is 8.62. The number of thiophene rings is 1. The van der Waals surface area contributed by atoms with Gasteiger partial charge in [0.2, 0.25) is 0 Å². The summed E-state index contributed by atoms with van der Waals surface area (Å²) in [5.74, 6) is 0.605. The second-order valence-electron chi connectivity index (χ2n) is 7.51. The molecule has 2 N–H and O–H groups in total. The quantitative estimate of drug-likeness (QED) is 0.897. The molecule has 1 saturated carbocycles. The Morgan fingerprint density at radius 3 is 3.04 bits per heavy atom. The highest BCUT2D eigenvalue weighted by atomic mass is 32.1. The molecule has 4 rings (SSSR count). The summed E-state index contributed by atoms with van der Waals surface area (Å²) >= 11 is 1.69. The molecule has 1 aromatic carbocycles. The van der Waals surface area contributed by atoms with Gasteiger partial charge in [-0.1, -0.05) is 32.0 Å². The molecule has 4 unspecified atom stereocenters. The van der Waals surface area contributed by atoms with Crippen molar-refractivity contribution in [2.45, 2.75) is 44.9 Å². The van der Waals surface area contributed by atoms with Crippen molar-refractivity contribution in [2.75, 3.05) is 13.2 Å². The average Bonchev–Trinajstić information content (AvgIpc) is 2.99. The molecule has 1 saturated heterocycles. The summed E-state index contributed by atoms with van der Waals surface area (Å²) < 4.78 is 7.20. The molecule has 124 valence electrons. The first-order chi connectivity index (χ1) is 11.1. The molecule has 2 aromatic rings. The number of aliphatic hydroxyl groups excluding tert-OH is 1. The zero-order chi connectivity index (χ0) is 16.0. The van der Waals surface area contributed by atoms with E-state index < -0.39 is 6.10 Å². The SMILES string of the molecule is CC1(C)C(NCC(O)c2cc3ccccc3s2)C2CCCOC21. The van der Waals surface area contributed by atoms with Crippen molar-refractivity contribution in [3.05, 3.63) is 35.2 Å². The smallest absolute Gasteiger partial charge is 0.101 e. The first-order valence-corrected chi connectivity index (χ1v) is 9.40. The molecule has 4 atom stereocenters. The Morgan fingerprint density at radius 1 is 1.39 bits per heavy atom. The van der Waals surface area contributed by atoms with Crippen LogP contribution >= 0.6 is 11.3 Å². The minimum Gasteiger partial charge on any atom is -0.386 e. The van der Waals surface area contributed by atoms with E-state index in [0.717, 1.165) is 17.9 Å². The summed E-state index contributed by atoms with van der Waals surface area (Å²) in [6, 6.07) is 10.9. The van der Waals surface area contributed by atoms with Crippen LogP contribution < -0.4 is 5.32 Å². The molecule has 2 heterocycles. The average molecular weight is 331 g/mol. The van der Waals surface area contributed by atoms with Crippen molar-refractivity contribution in [1.82, 2.24) is 5.32 Å². The summed E-state index contributed by atoms with van der Waals surface area (Å²) in [5.41, 5.74) is 0.158. The van der Waals surface area contributed by atoms with E-state index in [1.165, 1.54) is 16.5 Å². The Hall–Kier alpha value is -0.940. The number of hydrogen-bond donors (Lipinski definition) is 2. The number of hydrogen-bond acceptors (Lipinski definition) is 4. The van der Waals surface area contributed by atoms with E-state index in [9.17, 15) is 5.11 Å². The highest BCUT2D eigenvalue weighted by molar-refractivity contribution is 7.19. The van der Waals surface area contributed by atoms with Crippen LogP contribution in [0.25, 0.3) is 10.1 Å². The van der Waals surface area contributed by atoms with Gasteiger partial charge >= 0.3 is 0 Å². The Bertz CT molecular complexity index is 662. The van der Waals surface area contributed by atoms with Gasteiger partial charge in [0.05, 0.1) is 6.10 Å². The Balaban J connectivity index is 1.42. The van der Waals surface area contributed by atoms with E-state index in [1.807, 2.05) is 12.1 Å². The highest BCUT2D eigenvalue weighted by Gasteiger charge is 2.57. The standard InChI is InChI=1S/C19H25NO2S/c1-19(2)17(13-7-5-9-22-18(13)19)20-11-14(21)16-10-12-6-3-4-8-15(12)23-16/h3-4,6,8,10,13-14,17-18,20-21H,5,7,9,11H2,1-2H3. The van der Waals surface area contributed by atoms with Gasteiger partial charge in [-0.05, 0) is 30.4 Å². The van der Waals surface area contributed by atoms with Gasteiger partial charge in [-0.25, -0.2) is 0 Å². The number of fused-ring (bicyclic) bond motifs is 2. The molecule has 0 radical (unpaired) electrons. The summed E-state index contributed by atoms with van der Waals surface area (Å²) in [6.45, 7) is 6.08. The molecule has 23 heavy (non-hydrogen) atoms. The van der Waals surface area contributed by atoms with Crippen LogP contribution in [0.1, 0.15) is 37.7 Å². The molecule has 1 aromatic heterocycles. The van der Waals surface area contributed by atoms with Gasteiger partial charge < -0.3 is 15.2 Å². The third kappa shape index (κ3) is 2.62. The monoisotopic (exact) mass is 331 g/mol. The van der Waals surface area contributed by atoms with E-state index in [4.69, 9.17) is 4.74 Å². The van der Waals surface area contributed by atoms with Crippen LogP contribution in [-0.4, -0.2) is 30.4 Å². The van der Waals surface area contributed by atoms with Gasteiger partial charge in [0.1, 0.15) is 6.10 Å². The van der Waals surface area contributed by atoms with Crippen LogP contribution in [-0.2, 0) is 4.74 Å². The minimum absolute atomic E-state index is 0.158. The van der Waals surface area contributed by atoms with Crippen LogP contribution in [0.2, 0.25) is 0 Å². The molecule has 0 spiro atoms. The molecule has 2 fully saturated rings. The fourth-order valence-corrected chi connectivity index (χ4v) is 5.49. The molecular formula is C19H25NO2S. The maximum absolute atomic E-state index is 10.6. The van der Waals surface area contributed by atoms with E-state index in [1.54, 1.807) is 11.3 Å². The van der Waals surface area contributed by atoms with Crippen molar-refractivity contribution in [1.29, 1.82) is 0 Å². The van der Waals surface area contributed by atoms with Crippen molar-refractivity contribution >= 4 is 21.4 Å². The predicted octanol–water partition coefficient (Wildman–Crippen LogP) is 3.73. The van der Waals surface area contributed by atoms with Gasteiger partial charge in [0.25, 0.3) is 0 Å². The lowest BCUT2D eigenvalue weighted by Gasteiger charge is -2.60. The van der Waals surface area contributed by atoms with Crippen molar-refractivity contribution < 1.29 is 9.84 Å². The summed E-state index contributed by atoms with van der Waals surface area (Å²) in [4.78, 5) is 1.05. The largest absolute Gasteiger partial charge is 0.386 e. The first kappa shape index (κ1) is 15.6.